The van der Waals surface area contributed by atoms with Gasteiger partial charge in [-0.05, 0) is 19.1 Å². The summed E-state index contributed by atoms with van der Waals surface area (Å²) in [5.74, 6) is 0. The molecule has 22 heavy (non-hydrogen) atoms. The minimum absolute atomic E-state index is 0.139. The molecule has 0 bridgehead atoms. The van der Waals surface area contributed by atoms with Crippen LogP contribution in [-0.2, 0) is 0 Å². The number of nitrogens with zero attached hydrogens (tertiary/aromatic N) is 2. The number of aryl methyl sites for hydroxylation is 1. The highest BCUT2D eigenvalue weighted by molar-refractivity contribution is 5.82. The number of hydrogen-bond acceptors (Lipinski definition) is 2. The van der Waals surface area contributed by atoms with Crippen molar-refractivity contribution in [3.05, 3.63) is 70.8 Å². The van der Waals surface area contributed by atoms with E-state index in [-0.39, 0.29) is 5.56 Å². The quantitative estimate of drug-likeness (QED) is 0.596. The molecule has 0 aliphatic carbocycles. The van der Waals surface area contributed by atoms with E-state index in [1.165, 1.54) is 0 Å². The molecule has 0 radical (unpaired) electrons. The van der Waals surface area contributed by atoms with Crippen molar-refractivity contribution < 1.29 is 0 Å². The predicted octanol–water partition coefficient (Wildman–Crippen LogP) is 2.99. The molecule has 0 aliphatic heterocycles. The first-order valence-corrected chi connectivity index (χ1v) is 7.06. The zero-order valence-electron chi connectivity index (χ0n) is 12.0. The van der Waals surface area contributed by atoms with Crippen LogP contribution in [0.15, 0.2) is 59.5 Å². The summed E-state index contributed by atoms with van der Waals surface area (Å²) in [6.45, 7) is 1.88. The van der Waals surface area contributed by atoms with Crippen LogP contribution in [0.4, 0.5) is 0 Å². The number of aromatic amines is 2. The summed E-state index contributed by atoms with van der Waals surface area (Å²) in [7, 11) is 0. The minimum Gasteiger partial charge on any atom is -0.302 e. The molecule has 0 atom stereocenters. The third-order valence-electron chi connectivity index (χ3n) is 3.78. The monoisotopic (exact) mass is 290 g/mol. The number of fused-ring (bicyclic) bond motifs is 1. The second-order valence-corrected chi connectivity index (χ2v) is 5.18. The van der Waals surface area contributed by atoms with Gasteiger partial charge >= 0.3 is 0 Å². The first-order chi connectivity index (χ1) is 10.8. The normalized spacial score (nSPS) is 11.1. The summed E-state index contributed by atoms with van der Waals surface area (Å²) in [5.41, 5.74) is 4.70. The smallest absolute Gasteiger partial charge is 0.273 e. The van der Waals surface area contributed by atoms with Crippen LogP contribution in [-0.4, -0.2) is 19.6 Å². The standard InChI is InChI=1S/C17H14N4O/c1-11-14(17(22)20-19-11)16-15(12-7-3-2-4-8-12)18-13-9-5-6-10-21(13)16/h2-10H,1H3,(H2,19,20,22). The summed E-state index contributed by atoms with van der Waals surface area (Å²) in [5, 5.41) is 5.54. The molecule has 0 spiro atoms. The number of hydrogen-bond donors (Lipinski definition) is 2. The van der Waals surface area contributed by atoms with E-state index in [0.717, 1.165) is 28.3 Å². The van der Waals surface area contributed by atoms with Crippen LogP contribution >= 0.6 is 0 Å². The van der Waals surface area contributed by atoms with Crippen LogP contribution in [0.25, 0.3) is 28.2 Å². The van der Waals surface area contributed by atoms with Crippen molar-refractivity contribution in [1.82, 2.24) is 19.6 Å². The Labute approximate surface area is 126 Å². The largest absolute Gasteiger partial charge is 0.302 e. The van der Waals surface area contributed by atoms with Crippen molar-refractivity contribution in [2.75, 3.05) is 0 Å². The van der Waals surface area contributed by atoms with Crippen LogP contribution in [0, 0.1) is 6.92 Å². The third kappa shape index (κ3) is 1.79. The molecule has 5 heteroatoms. The lowest BCUT2D eigenvalue weighted by Crippen LogP contribution is -2.04. The fourth-order valence-corrected chi connectivity index (χ4v) is 2.76. The van der Waals surface area contributed by atoms with Gasteiger partial charge in [0.15, 0.2) is 0 Å². The Morgan fingerprint density at radius 2 is 1.77 bits per heavy atom. The Hall–Kier alpha value is -3.08. The van der Waals surface area contributed by atoms with Gasteiger partial charge in [0.1, 0.15) is 5.65 Å². The molecule has 3 heterocycles. The molecule has 3 aromatic heterocycles. The van der Waals surface area contributed by atoms with Gasteiger partial charge in [0.25, 0.3) is 5.56 Å². The molecular formula is C17H14N4O. The first kappa shape index (κ1) is 12.6. The molecule has 0 saturated heterocycles. The molecule has 0 saturated carbocycles. The lowest BCUT2D eigenvalue weighted by Gasteiger charge is -2.03. The van der Waals surface area contributed by atoms with Crippen LogP contribution in [0.5, 0.6) is 0 Å². The van der Waals surface area contributed by atoms with Gasteiger partial charge in [-0.25, -0.2) is 4.98 Å². The summed E-state index contributed by atoms with van der Waals surface area (Å²) in [6, 6.07) is 15.7. The Bertz CT molecular complexity index is 1010. The number of nitrogens with one attached hydrogen (secondary N) is 2. The molecule has 2 N–H and O–H groups in total. The highest BCUT2D eigenvalue weighted by atomic mass is 16.1. The number of pyridine rings is 1. The molecule has 108 valence electrons. The van der Waals surface area contributed by atoms with Gasteiger partial charge < -0.3 is 5.10 Å². The first-order valence-electron chi connectivity index (χ1n) is 7.06. The number of imidazole rings is 1. The van der Waals surface area contributed by atoms with E-state index in [9.17, 15) is 4.79 Å². The molecule has 0 fully saturated rings. The second-order valence-electron chi connectivity index (χ2n) is 5.18. The van der Waals surface area contributed by atoms with E-state index in [4.69, 9.17) is 4.98 Å². The van der Waals surface area contributed by atoms with Crippen molar-refractivity contribution >= 4 is 5.65 Å². The van der Waals surface area contributed by atoms with Crippen molar-refractivity contribution in [2.45, 2.75) is 6.92 Å². The maximum atomic E-state index is 12.2. The molecule has 5 nitrogen and oxygen atoms in total. The Balaban J connectivity index is 2.14. The van der Waals surface area contributed by atoms with Gasteiger partial charge in [-0.2, -0.15) is 0 Å². The molecule has 0 amide bonds. The van der Waals surface area contributed by atoms with Gasteiger partial charge in [-0.1, -0.05) is 36.4 Å². The molecule has 1 aromatic carbocycles. The van der Waals surface area contributed by atoms with E-state index in [0.29, 0.717) is 5.56 Å². The van der Waals surface area contributed by atoms with Crippen molar-refractivity contribution in [2.24, 2.45) is 0 Å². The summed E-state index contributed by atoms with van der Waals surface area (Å²) in [4.78, 5) is 17.0. The van der Waals surface area contributed by atoms with E-state index in [1.54, 1.807) is 0 Å². The lowest BCUT2D eigenvalue weighted by molar-refractivity contribution is 1.02. The Kier molecular flexibility index (Phi) is 2.72. The maximum absolute atomic E-state index is 12.2. The third-order valence-corrected chi connectivity index (χ3v) is 3.78. The average molecular weight is 290 g/mol. The Morgan fingerprint density at radius 1 is 1.00 bits per heavy atom. The zero-order valence-corrected chi connectivity index (χ0v) is 12.0. The Morgan fingerprint density at radius 3 is 2.50 bits per heavy atom. The fraction of sp³-hybridized carbons (Fsp3) is 0.0588. The molecule has 4 rings (SSSR count). The minimum atomic E-state index is -0.139. The summed E-state index contributed by atoms with van der Waals surface area (Å²) >= 11 is 0. The lowest BCUT2D eigenvalue weighted by atomic mass is 10.1. The number of aromatic nitrogens is 4. The van der Waals surface area contributed by atoms with Gasteiger partial charge in [-0.3, -0.25) is 14.3 Å². The zero-order chi connectivity index (χ0) is 15.1. The predicted molar refractivity (Wildman–Crippen MR) is 85.8 cm³/mol. The SMILES string of the molecule is Cc1[nH][nH]c(=O)c1-c1c(-c2ccccc2)nc2ccccn12. The van der Waals surface area contributed by atoms with Crippen LogP contribution < -0.4 is 5.56 Å². The van der Waals surface area contributed by atoms with E-state index >= 15 is 0 Å². The van der Waals surface area contributed by atoms with Crippen LogP contribution in [0.1, 0.15) is 5.69 Å². The number of H-pyrrole nitrogens is 2. The highest BCUT2D eigenvalue weighted by Crippen LogP contribution is 2.31. The number of benzene rings is 1. The molecular weight excluding hydrogens is 276 g/mol. The van der Waals surface area contributed by atoms with E-state index in [2.05, 4.69) is 10.2 Å². The van der Waals surface area contributed by atoms with Crippen molar-refractivity contribution in [1.29, 1.82) is 0 Å². The van der Waals surface area contributed by atoms with Crippen molar-refractivity contribution in [3.63, 3.8) is 0 Å². The van der Waals surface area contributed by atoms with Crippen LogP contribution in [0.3, 0.4) is 0 Å². The number of rotatable bonds is 2. The van der Waals surface area contributed by atoms with Gasteiger partial charge in [0.05, 0.1) is 17.0 Å². The molecule has 0 aliphatic rings. The van der Waals surface area contributed by atoms with Gasteiger partial charge in [-0.15, -0.1) is 0 Å². The van der Waals surface area contributed by atoms with E-state index < -0.39 is 0 Å². The van der Waals surface area contributed by atoms with Crippen LogP contribution in [0.2, 0.25) is 0 Å². The molecule has 0 unspecified atom stereocenters. The average Bonchev–Trinajstić information content (AvgIpc) is 3.08. The molecule has 4 aromatic rings. The maximum Gasteiger partial charge on any atom is 0.273 e. The van der Waals surface area contributed by atoms with Gasteiger partial charge in [0, 0.05) is 17.5 Å². The second kappa shape index (κ2) is 4.73. The fourth-order valence-electron chi connectivity index (χ4n) is 2.76. The summed E-state index contributed by atoms with van der Waals surface area (Å²) in [6.07, 6.45) is 1.93. The van der Waals surface area contributed by atoms with Gasteiger partial charge in [0.2, 0.25) is 0 Å². The highest BCUT2D eigenvalue weighted by Gasteiger charge is 2.20. The van der Waals surface area contributed by atoms with E-state index in [1.807, 2.05) is 66.1 Å². The topological polar surface area (TPSA) is 66.0 Å². The summed E-state index contributed by atoms with van der Waals surface area (Å²) < 4.78 is 1.95. The van der Waals surface area contributed by atoms with Crippen molar-refractivity contribution in [3.8, 4) is 22.5 Å².